The molecular formula is C12H14N2O2. The summed E-state index contributed by atoms with van der Waals surface area (Å²) in [7, 11) is 0. The van der Waals surface area contributed by atoms with Gasteiger partial charge in [-0.1, -0.05) is 12.1 Å². The van der Waals surface area contributed by atoms with E-state index in [1.54, 1.807) is 4.90 Å². The number of amides is 2. The van der Waals surface area contributed by atoms with Gasteiger partial charge in [0, 0.05) is 25.2 Å². The van der Waals surface area contributed by atoms with E-state index in [0.29, 0.717) is 19.4 Å². The molecule has 0 unspecified atom stereocenters. The van der Waals surface area contributed by atoms with Crippen LogP contribution in [0, 0.1) is 0 Å². The first kappa shape index (κ1) is 10.7. The quantitative estimate of drug-likeness (QED) is 0.768. The van der Waals surface area contributed by atoms with Crippen molar-refractivity contribution >= 4 is 18.0 Å². The molecule has 1 saturated heterocycles. The third-order valence-corrected chi connectivity index (χ3v) is 2.71. The summed E-state index contributed by atoms with van der Waals surface area (Å²) in [6.45, 7) is 1.34. The Balaban J connectivity index is 2.06. The maximum absolute atomic E-state index is 11.5. The fraction of sp³-hybridized carbons (Fsp3) is 0.333. The first-order valence-electron chi connectivity index (χ1n) is 5.37. The molecule has 2 rings (SSSR count). The number of anilines is 1. The van der Waals surface area contributed by atoms with Crippen molar-refractivity contribution in [3.05, 3.63) is 29.8 Å². The number of carbonyl (C=O) groups is 2. The summed E-state index contributed by atoms with van der Waals surface area (Å²) in [5, 5.41) is 2.60. The van der Waals surface area contributed by atoms with Crippen LogP contribution in [0.5, 0.6) is 0 Å². The third-order valence-electron chi connectivity index (χ3n) is 2.71. The van der Waals surface area contributed by atoms with Crippen molar-refractivity contribution in [2.24, 2.45) is 0 Å². The minimum atomic E-state index is 0.193. The van der Waals surface area contributed by atoms with Crippen LogP contribution in [0.4, 0.5) is 5.69 Å². The molecule has 1 aliphatic rings. The molecule has 0 atom stereocenters. The van der Waals surface area contributed by atoms with Crippen LogP contribution in [0.25, 0.3) is 0 Å². The molecule has 0 aliphatic carbocycles. The van der Waals surface area contributed by atoms with Crippen LogP contribution in [0.3, 0.4) is 0 Å². The van der Waals surface area contributed by atoms with Gasteiger partial charge in [0.1, 0.15) is 0 Å². The van der Waals surface area contributed by atoms with E-state index in [0.717, 1.165) is 24.2 Å². The zero-order valence-corrected chi connectivity index (χ0v) is 8.98. The molecule has 1 fully saturated rings. The molecule has 0 saturated carbocycles. The van der Waals surface area contributed by atoms with Gasteiger partial charge in [-0.3, -0.25) is 9.59 Å². The molecule has 0 spiro atoms. The highest BCUT2D eigenvalue weighted by molar-refractivity contribution is 5.95. The Morgan fingerprint density at radius 1 is 1.31 bits per heavy atom. The average Bonchev–Trinajstić information content (AvgIpc) is 2.74. The van der Waals surface area contributed by atoms with Crippen LogP contribution in [-0.4, -0.2) is 18.9 Å². The van der Waals surface area contributed by atoms with Gasteiger partial charge in [-0.15, -0.1) is 0 Å². The van der Waals surface area contributed by atoms with Crippen molar-refractivity contribution in [2.75, 3.05) is 11.4 Å². The van der Waals surface area contributed by atoms with Gasteiger partial charge in [-0.05, 0) is 24.1 Å². The first-order valence-corrected chi connectivity index (χ1v) is 5.37. The van der Waals surface area contributed by atoms with Crippen LogP contribution in [0.15, 0.2) is 24.3 Å². The summed E-state index contributed by atoms with van der Waals surface area (Å²) >= 11 is 0. The highest BCUT2D eigenvalue weighted by Crippen LogP contribution is 2.21. The molecule has 2 amide bonds. The Morgan fingerprint density at radius 2 is 2.06 bits per heavy atom. The number of carbonyl (C=O) groups excluding carboxylic acids is 2. The van der Waals surface area contributed by atoms with Crippen LogP contribution < -0.4 is 10.2 Å². The Kier molecular flexibility index (Phi) is 3.19. The lowest BCUT2D eigenvalue weighted by Crippen LogP contribution is -2.23. The van der Waals surface area contributed by atoms with Gasteiger partial charge in [0.05, 0.1) is 0 Å². The fourth-order valence-electron chi connectivity index (χ4n) is 1.87. The molecule has 16 heavy (non-hydrogen) atoms. The molecule has 0 radical (unpaired) electrons. The van der Waals surface area contributed by atoms with Crippen molar-refractivity contribution in [1.82, 2.24) is 5.32 Å². The summed E-state index contributed by atoms with van der Waals surface area (Å²) in [6.07, 6.45) is 2.26. The zero-order chi connectivity index (χ0) is 11.4. The van der Waals surface area contributed by atoms with E-state index in [1.165, 1.54) is 0 Å². The monoisotopic (exact) mass is 218 g/mol. The molecule has 1 N–H and O–H groups in total. The van der Waals surface area contributed by atoms with Gasteiger partial charge < -0.3 is 10.2 Å². The molecule has 0 aromatic heterocycles. The van der Waals surface area contributed by atoms with Crippen molar-refractivity contribution in [2.45, 2.75) is 19.4 Å². The number of benzene rings is 1. The number of nitrogens with one attached hydrogen (secondary N) is 1. The highest BCUT2D eigenvalue weighted by atomic mass is 16.2. The second-order valence-corrected chi connectivity index (χ2v) is 3.81. The summed E-state index contributed by atoms with van der Waals surface area (Å²) in [4.78, 5) is 23.4. The van der Waals surface area contributed by atoms with Gasteiger partial charge >= 0.3 is 0 Å². The van der Waals surface area contributed by atoms with Crippen LogP contribution >= 0.6 is 0 Å². The largest absolute Gasteiger partial charge is 0.355 e. The average molecular weight is 218 g/mol. The zero-order valence-electron chi connectivity index (χ0n) is 8.98. The van der Waals surface area contributed by atoms with Crippen LogP contribution in [0.2, 0.25) is 0 Å². The second kappa shape index (κ2) is 4.79. The highest BCUT2D eigenvalue weighted by Gasteiger charge is 2.21. The SMILES string of the molecule is O=CNCc1ccc(N2CCCC2=O)cc1. The smallest absolute Gasteiger partial charge is 0.227 e. The molecule has 84 valence electrons. The van der Waals surface area contributed by atoms with Crippen LogP contribution in [-0.2, 0) is 16.1 Å². The second-order valence-electron chi connectivity index (χ2n) is 3.81. The van der Waals surface area contributed by atoms with E-state index in [-0.39, 0.29) is 5.91 Å². The number of rotatable bonds is 4. The number of hydrogen-bond donors (Lipinski definition) is 1. The van der Waals surface area contributed by atoms with Gasteiger partial charge in [-0.2, -0.15) is 0 Å². The predicted molar refractivity (Wildman–Crippen MR) is 60.9 cm³/mol. The molecular weight excluding hydrogens is 204 g/mol. The predicted octanol–water partition coefficient (Wildman–Crippen LogP) is 1.06. The van der Waals surface area contributed by atoms with Gasteiger partial charge in [0.2, 0.25) is 12.3 Å². The summed E-state index contributed by atoms with van der Waals surface area (Å²) in [6, 6.07) is 7.70. The van der Waals surface area contributed by atoms with Crippen molar-refractivity contribution in [1.29, 1.82) is 0 Å². The molecule has 4 heteroatoms. The summed E-state index contributed by atoms with van der Waals surface area (Å²) < 4.78 is 0. The fourth-order valence-corrected chi connectivity index (χ4v) is 1.87. The lowest BCUT2D eigenvalue weighted by molar-refractivity contribution is -0.117. The third kappa shape index (κ3) is 2.21. The van der Waals surface area contributed by atoms with Crippen molar-refractivity contribution in [3.63, 3.8) is 0 Å². The molecule has 1 aliphatic heterocycles. The Hall–Kier alpha value is -1.84. The van der Waals surface area contributed by atoms with Gasteiger partial charge in [-0.25, -0.2) is 0 Å². The van der Waals surface area contributed by atoms with E-state index in [2.05, 4.69) is 5.32 Å². The first-order chi connectivity index (χ1) is 7.81. The van der Waals surface area contributed by atoms with Crippen molar-refractivity contribution in [3.8, 4) is 0 Å². The van der Waals surface area contributed by atoms with E-state index in [4.69, 9.17) is 0 Å². The molecule has 1 aromatic rings. The van der Waals surface area contributed by atoms with Gasteiger partial charge in [0.25, 0.3) is 0 Å². The molecule has 0 bridgehead atoms. The lowest BCUT2D eigenvalue weighted by Gasteiger charge is -2.15. The summed E-state index contributed by atoms with van der Waals surface area (Å²) in [5.74, 6) is 0.193. The topological polar surface area (TPSA) is 49.4 Å². The molecule has 1 aromatic carbocycles. The van der Waals surface area contributed by atoms with Crippen LogP contribution in [0.1, 0.15) is 18.4 Å². The maximum atomic E-state index is 11.5. The number of nitrogens with zero attached hydrogens (tertiary/aromatic N) is 1. The standard InChI is InChI=1S/C12H14N2O2/c15-9-13-8-10-3-5-11(6-4-10)14-7-1-2-12(14)16/h3-6,9H,1-2,7-8H2,(H,13,15). The van der Waals surface area contributed by atoms with E-state index in [9.17, 15) is 9.59 Å². The summed E-state index contributed by atoms with van der Waals surface area (Å²) in [5.41, 5.74) is 1.97. The maximum Gasteiger partial charge on any atom is 0.227 e. The lowest BCUT2D eigenvalue weighted by atomic mass is 10.2. The van der Waals surface area contributed by atoms with E-state index in [1.807, 2.05) is 24.3 Å². The minimum absolute atomic E-state index is 0.193. The van der Waals surface area contributed by atoms with E-state index >= 15 is 0 Å². The normalized spacial score (nSPS) is 15.2. The Bertz CT molecular complexity index is 387. The van der Waals surface area contributed by atoms with Crippen molar-refractivity contribution < 1.29 is 9.59 Å². The molecule has 1 heterocycles. The van der Waals surface area contributed by atoms with Gasteiger partial charge in [0.15, 0.2) is 0 Å². The minimum Gasteiger partial charge on any atom is -0.355 e. The Labute approximate surface area is 94.2 Å². The Morgan fingerprint density at radius 3 is 2.62 bits per heavy atom. The number of hydrogen-bond acceptors (Lipinski definition) is 2. The van der Waals surface area contributed by atoms with E-state index < -0.39 is 0 Å². The molecule has 4 nitrogen and oxygen atoms in total.